The molecule has 0 aromatic heterocycles. The summed E-state index contributed by atoms with van der Waals surface area (Å²) < 4.78 is 0. The van der Waals surface area contributed by atoms with Gasteiger partial charge in [-0.2, -0.15) is 0 Å². The van der Waals surface area contributed by atoms with Gasteiger partial charge in [-0.1, -0.05) is 29.8 Å². The molecule has 1 aliphatic rings. The van der Waals surface area contributed by atoms with Gasteiger partial charge in [-0.3, -0.25) is 0 Å². The number of benzene rings is 1. The van der Waals surface area contributed by atoms with E-state index >= 15 is 0 Å². The molecule has 0 saturated carbocycles. The van der Waals surface area contributed by atoms with Crippen LogP contribution in [-0.4, -0.2) is 35.7 Å². The molecule has 3 N–H and O–H groups in total. The van der Waals surface area contributed by atoms with Crippen LogP contribution in [0.2, 0.25) is 0 Å². The van der Waals surface area contributed by atoms with E-state index in [0.717, 1.165) is 25.2 Å². The highest BCUT2D eigenvalue weighted by atomic mass is 35.5. The van der Waals surface area contributed by atoms with Crippen LogP contribution in [0.25, 0.3) is 0 Å². The van der Waals surface area contributed by atoms with Crippen LogP contribution < -0.4 is 5.73 Å². The van der Waals surface area contributed by atoms with Gasteiger partial charge in [-0.25, -0.2) is 0 Å². The third kappa shape index (κ3) is 3.95. The third-order valence-corrected chi connectivity index (χ3v) is 3.49. The second kappa shape index (κ2) is 7.10. The van der Waals surface area contributed by atoms with Crippen molar-refractivity contribution in [3.05, 3.63) is 35.4 Å². The maximum absolute atomic E-state index is 10.2. The summed E-state index contributed by atoms with van der Waals surface area (Å²) in [6.07, 6.45) is 1.96. The molecule has 1 saturated heterocycles. The van der Waals surface area contributed by atoms with Crippen molar-refractivity contribution < 1.29 is 5.11 Å². The smallest absolute Gasteiger partial charge is 0.0953 e. The van der Waals surface area contributed by atoms with E-state index in [1.165, 1.54) is 18.4 Å². The van der Waals surface area contributed by atoms with E-state index < -0.39 is 6.10 Å². The van der Waals surface area contributed by atoms with Crippen molar-refractivity contribution in [3.63, 3.8) is 0 Å². The number of nitrogens with two attached hydrogens (primary N) is 1. The van der Waals surface area contributed by atoms with Crippen LogP contribution in [0.4, 0.5) is 0 Å². The highest BCUT2D eigenvalue weighted by Gasteiger charge is 2.21. The predicted octanol–water partition coefficient (Wildman–Crippen LogP) is 1.87. The Hall–Kier alpha value is -0.610. The standard InChI is InChI=1S/C14H22N2O.ClH/c1-11-4-6-12(7-5-11)14(17)13(15)10-16-8-2-3-9-16;/h4-7,13-14,17H,2-3,8-10,15H2,1H3;1H/t13-,14-;/m0./s1. The first-order valence-electron chi connectivity index (χ1n) is 6.39. The molecule has 0 amide bonds. The van der Waals surface area contributed by atoms with Gasteiger partial charge in [0.15, 0.2) is 0 Å². The van der Waals surface area contributed by atoms with E-state index in [0.29, 0.717) is 0 Å². The van der Waals surface area contributed by atoms with Gasteiger partial charge in [0.25, 0.3) is 0 Å². The number of halogens is 1. The lowest BCUT2D eigenvalue weighted by Crippen LogP contribution is -2.40. The molecule has 18 heavy (non-hydrogen) atoms. The number of likely N-dealkylation sites (tertiary alicyclic amines) is 1. The average Bonchev–Trinajstić information content (AvgIpc) is 2.82. The lowest BCUT2D eigenvalue weighted by atomic mass is 10.0. The summed E-state index contributed by atoms with van der Waals surface area (Å²) in [5.74, 6) is 0. The Morgan fingerprint density at radius 2 is 1.78 bits per heavy atom. The molecule has 0 bridgehead atoms. The number of hydrogen-bond acceptors (Lipinski definition) is 3. The van der Waals surface area contributed by atoms with E-state index in [4.69, 9.17) is 5.73 Å². The molecule has 1 aliphatic heterocycles. The molecule has 1 heterocycles. The maximum atomic E-state index is 10.2. The molecule has 0 aliphatic carbocycles. The molecular formula is C14H23ClN2O. The van der Waals surface area contributed by atoms with Gasteiger partial charge in [0, 0.05) is 12.6 Å². The Labute approximate surface area is 115 Å². The van der Waals surface area contributed by atoms with E-state index in [-0.39, 0.29) is 18.4 Å². The number of nitrogens with zero attached hydrogens (tertiary/aromatic N) is 1. The second-order valence-electron chi connectivity index (χ2n) is 5.03. The minimum atomic E-state index is -0.559. The first kappa shape index (κ1) is 15.4. The molecule has 0 spiro atoms. The summed E-state index contributed by atoms with van der Waals surface area (Å²) in [6.45, 7) is 5.07. The molecule has 102 valence electrons. The van der Waals surface area contributed by atoms with Crippen LogP contribution >= 0.6 is 12.4 Å². The van der Waals surface area contributed by atoms with Gasteiger partial charge in [0.1, 0.15) is 0 Å². The summed E-state index contributed by atoms with van der Waals surface area (Å²) in [4.78, 5) is 2.34. The molecule has 4 heteroatoms. The van der Waals surface area contributed by atoms with Crippen molar-refractivity contribution in [2.75, 3.05) is 19.6 Å². The second-order valence-corrected chi connectivity index (χ2v) is 5.03. The Kier molecular flexibility index (Phi) is 6.09. The van der Waals surface area contributed by atoms with Crippen LogP contribution in [0.5, 0.6) is 0 Å². The monoisotopic (exact) mass is 270 g/mol. The minimum Gasteiger partial charge on any atom is -0.387 e. The van der Waals surface area contributed by atoms with Crippen molar-refractivity contribution >= 4 is 12.4 Å². The fourth-order valence-electron chi connectivity index (χ4n) is 2.37. The molecule has 1 aromatic carbocycles. The van der Waals surface area contributed by atoms with Crippen molar-refractivity contribution in [1.82, 2.24) is 4.90 Å². The van der Waals surface area contributed by atoms with E-state index in [1.54, 1.807) is 0 Å². The average molecular weight is 271 g/mol. The van der Waals surface area contributed by atoms with Gasteiger partial charge in [0.2, 0.25) is 0 Å². The number of aliphatic hydroxyl groups excluding tert-OH is 1. The van der Waals surface area contributed by atoms with E-state index in [2.05, 4.69) is 4.90 Å². The van der Waals surface area contributed by atoms with Gasteiger partial charge in [-0.15, -0.1) is 12.4 Å². The summed E-state index contributed by atoms with van der Waals surface area (Å²) in [5.41, 5.74) is 8.20. The summed E-state index contributed by atoms with van der Waals surface area (Å²) in [5, 5.41) is 10.2. The lowest BCUT2D eigenvalue weighted by Gasteiger charge is -2.24. The summed E-state index contributed by atoms with van der Waals surface area (Å²) in [7, 11) is 0. The largest absolute Gasteiger partial charge is 0.387 e. The van der Waals surface area contributed by atoms with Crippen LogP contribution in [0.3, 0.4) is 0 Å². The van der Waals surface area contributed by atoms with Crippen molar-refractivity contribution in [1.29, 1.82) is 0 Å². The number of hydrogen-bond donors (Lipinski definition) is 2. The number of aliphatic hydroxyl groups is 1. The molecule has 2 atom stereocenters. The zero-order valence-corrected chi connectivity index (χ0v) is 11.7. The first-order valence-corrected chi connectivity index (χ1v) is 6.39. The van der Waals surface area contributed by atoms with Gasteiger partial charge < -0.3 is 15.7 Å². The quantitative estimate of drug-likeness (QED) is 0.878. The normalized spacial score (nSPS) is 19.3. The van der Waals surface area contributed by atoms with Gasteiger partial charge in [-0.05, 0) is 38.4 Å². The zero-order chi connectivity index (χ0) is 12.3. The Balaban J connectivity index is 0.00000162. The van der Waals surface area contributed by atoms with Crippen LogP contribution in [0, 0.1) is 6.92 Å². The van der Waals surface area contributed by atoms with Crippen molar-refractivity contribution in [3.8, 4) is 0 Å². The summed E-state index contributed by atoms with van der Waals surface area (Å²) >= 11 is 0. The molecule has 3 nitrogen and oxygen atoms in total. The Bertz CT molecular complexity index is 349. The highest BCUT2D eigenvalue weighted by molar-refractivity contribution is 5.85. The molecule has 2 rings (SSSR count). The van der Waals surface area contributed by atoms with Crippen molar-refractivity contribution in [2.45, 2.75) is 31.9 Å². The van der Waals surface area contributed by atoms with Crippen LogP contribution in [0.1, 0.15) is 30.1 Å². The minimum absolute atomic E-state index is 0. The number of aryl methyl sites for hydroxylation is 1. The van der Waals surface area contributed by atoms with Gasteiger partial charge >= 0.3 is 0 Å². The first-order chi connectivity index (χ1) is 8.16. The fourth-order valence-corrected chi connectivity index (χ4v) is 2.37. The summed E-state index contributed by atoms with van der Waals surface area (Å²) in [6, 6.07) is 7.76. The molecule has 0 radical (unpaired) electrons. The predicted molar refractivity (Wildman–Crippen MR) is 77.0 cm³/mol. The Morgan fingerprint density at radius 3 is 2.33 bits per heavy atom. The molecule has 0 unspecified atom stereocenters. The Morgan fingerprint density at radius 1 is 1.22 bits per heavy atom. The molecule has 1 fully saturated rings. The highest BCUT2D eigenvalue weighted by Crippen LogP contribution is 2.18. The van der Waals surface area contributed by atoms with E-state index in [9.17, 15) is 5.11 Å². The number of rotatable bonds is 4. The van der Waals surface area contributed by atoms with Crippen LogP contribution in [-0.2, 0) is 0 Å². The molecule has 1 aromatic rings. The maximum Gasteiger partial charge on any atom is 0.0953 e. The third-order valence-electron chi connectivity index (χ3n) is 3.49. The topological polar surface area (TPSA) is 49.5 Å². The van der Waals surface area contributed by atoms with E-state index in [1.807, 2.05) is 31.2 Å². The van der Waals surface area contributed by atoms with Crippen molar-refractivity contribution in [2.24, 2.45) is 5.73 Å². The molecular weight excluding hydrogens is 248 g/mol. The fraction of sp³-hybridized carbons (Fsp3) is 0.571. The lowest BCUT2D eigenvalue weighted by molar-refractivity contribution is 0.125. The van der Waals surface area contributed by atoms with Crippen LogP contribution in [0.15, 0.2) is 24.3 Å². The SMILES string of the molecule is Cc1ccc([C@H](O)[C@@H](N)CN2CCCC2)cc1.Cl. The van der Waals surface area contributed by atoms with Gasteiger partial charge in [0.05, 0.1) is 6.10 Å². The zero-order valence-electron chi connectivity index (χ0n) is 10.9.